The van der Waals surface area contributed by atoms with E-state index in [0.717, 1.165) is 44.2 Å². The SMILES string of the molecule is c1ccc(C(N=Nc2cc3ccccc3cc2N=NC(c2ccccc2)(c2ccccc2)c2ccccc2)(c2ccccc2)c2ccccc2)cc1. The Kier molecular flexibility index (Phi) is 9.10. The largest absolute Gasteiger partial charge is 0.167 e. The van der Waals surface area contributed by atoms with Crippen LogP contribution in [0.3, 0.4) is 0 Å². The van der Waals surface area contributed by atoms with Gasteiger partial charge in [0.05, 0.1) is 0 Å². The van der Waals surface area contributed by atoms with Gasteiger partial charge >= 0.3 is 0 Å². The second kappa shape index (κ2) is 14.6. The highest BCUT2D eigenvalue weighted by molar-refractivity contribution is 5.90. The van der Waals surface area contributed by atoms with Gasteiger partial charge in [-0.05, 0) is 56.3 Å². The minimum atomic E-state index is -0.925. The van der Waals surface area contributed by atoms with Gasteiger partial charge in [-0.1, -0.05) is 206 Å². The zero-order valence-corrected chi connectivity index (χ0v) is 28.6. The summed E-state index contributed by atoms with van der Waals surface area (Å²) in [6, 6.07) is 74.6. The molecule has 0 spiro atoms. The molecule has 0 aliphatic carbocycles. The van der Waals surface area contributed by atoms with Crippen molar-refractivity contribution in [2.75, 3.05) is 0 Å². The molecule has 8 aromatic carbocycles. The predicted molar refractivity (Wildman–Crippen MR) is 211 cm³/mol. The second-order valence-corrected chi connectivity index (χ2v) is 12.7. The number of benzene rings is 8. The average Bonchev–Trinajstić information content (AvgIpc) is 3.23. The quantitative estimate of drug-likeness (QED) is 0.103. The lowest BCUT2D eigenvalue weighted by Crippen LogP contribution is -2.26. The van der Waals surface area contributed by atoms with Gasteiger partial charge in [-0.2, -0.15) is 20.5 Å². The van der Waals surface area contributed by atoms with Gasteiger partial charge < -0.3 is 0 Å². The molecule has 0 N–H and O–H groups in total. The van der Waals surface area contributed by atoms with Gasteiger partial charge in [-0.15, -0.1) is 0 Å². The van der Waals surface area contributed by atoms with Crippen molar-refractivity contribution in [1.82, 2.24) is 0 Å². The van der Waals surface area contributed by atoms with Crippen molar-refractivity contribution in [3.63, 3.8) is 0 Å². The molecule has 0 aromatic heterocycles. The lowest BCUT2D eigenvalue weighted by molar-refractivity contribution is 0.614. The van der Waals surface area contributed by atoms with Gasteiger partial charge in [0.2, 0.25) is 0 Å². The number of azo groups is 2. The normalized spacial score (nSPS) is 12.1. The molecule has 0 fully saturated rings. The average molecular weight is 669 g/mol. The molecule has 0 amide bonds. The summed E-state index contributed by atoms with van der Waals surface area (Å²) in [6.07, 6.45) is 0. The number of fused-ring (bicyclic) bond motifs is 1. The first-order valence-corrected chi connectivity index (χ1v) is 17.5. The molecule has 0 aliphatic rings. The summed E-state index contributed by atoms with van der Waals surface area (Å²) in [4.78, 5) is 0. The first-order chi connectivity index (χ1) is 25.8. The van der Waals surface area contributed by atoms with Crippen LogP contribution in [0.4, 0.5) is 11.4 Å². The highest BCUT2D eigenvalue weighted by Crippen LogP contribution is 2.45. The van der Waals surface area contributed by atoms with E-state index in [1.54, 1.807) is 0 Å². The molecule has 0 bridgehead atoms. The van der Waals surface area contributed by atoms with E-state index >= 15 is 0 Å². The van der Waals surface area contributed by atoms with Crippen LogP contribution in [0.5, 0.6) is 0 Å². The molecular formula is C48H36N4. The minimum Gasteiger partial charge on any atom is -0.167 e. The molecule has 52 heavy (non-hydrogen) atoms. The van der Waals surface area contributed by atoms with E-state index in [4.69, 9.17) is 20.5 Å². The lowest BCUT2D eigenvalue weighted by Gasteiger charge is -2.31. The third kappa shape index (κ3) is 6.12. The van der Waals surface area contributed by atoms with E-state index in [-0.39, 0.29) is 0 Å². The minimum absolute atomic E-state index is 0.623. The molecule has 0 unspecified atom stereocenters. The smallest absolute Gasteiger partial charge is 0.157 e. The topological polar surface area (TPSA) is 49.4 Å². The van der Waals surface area contributed by atoms with Gasteiger partial charge in [0.25, 0.3) is 0 Å². The molecule has 0 saturated carbocycles. The molecule has 0 radical (unpaired) electrons. The number of rotatable bonds is 10. The van der Waals surface area contributed by atoms with E-state index in [1.165, 1.54) is 0 Å². The molecular weight excluding hydrogens is 633 g/mol. The Morgan fingerprint density at radius 1 is 0.250 bits per heavy atom. The molecule has 4 nitrogen and oxygen atoms in total. The molecule has 4 heteroatoms. The summed E-state index contributed by atoms with van der Waals surface area (Å²) >= 11 is 0. The fourth-order valence-electron chi connectivity index (χ4n) is 7.06. The molecule has 0 atom stereocenters. The van der Waals surface area contributed by atoms with Crippen molar-refractivity contribution in [1.29, 1.82) is 0 Å². The van der Waals surface area contributed by atoms with Crippen molar-refractivity contribution in [3.8, 4) is 0 Å². The monoisotopic (exact) mass is 668 g/mol. The Morgan fingerprint density at radius 2 is 0.462 bits per heavy atom. The molecule has 248 valence electrons. The summed E-state index contributed by atoms with van der Waals surface area (Å²) in [5.74, 6) is 0. The van der Waals surface area contributed by atoms with Gasteiger partial charge in [0.15, 0.2) is 11.1 Å². The van der Waals surface area contributed by atoms with Crippen molar-refractivity contribution >= 4 is 22.1 Å². The fourth-order valence-corrected chi connectivity index (χ4v) is 7.06. The third-order valence-corrected chi connectivity index (χ3v) is 9.61. The first kappa shape index (κ1) is 32.4. The summed E-state index contributed by atoms with van der Waals surface area (Å²) in [6.45, 7) is 0. The van der Waals surface area contributed by atoms with E-state index in [0.29, 0.717) is 11.4 Å². The molecule has 0 heterocycles. The highest BCUT2D eigenvalue weighted by atomic mass is 15.2. The Labute approximate surface area is 304 Å². The van der Waals surface area contributed by atoms with Crippen LogP contribution in [0, 0.1) is 0 Å². The van der Waals surface area contributed by atoms with Crippen LogP contribution < -0.4 is 0 Å². The van der Waals surface area contributed by atoms with Gasteiger partial charge in [-0.25, -0.2) is 0 Å². The van der Waals surface area contributed by atoms with Crippen molar-refractivity contribution in [2.45, 2.75) is 11.1 Å². The fraction of sp³-hybridized carbons (Fsp3) is 0.0417. The second-order valence-electron chi connectivity index (χ2n) is 12.7. The zero-order valence-electron chi connectivity index (χ0n) is 28.6. The van der Waals surface area contributed by atoms with E-state index in [2.05, 4.69) is 170 Å². The Balaban J connectivity index is 1.37. The van der Waals surface area contributed by atoms with Crippen LogP contribution in [0.15, 0.2) is 239 Å². The van der Waals surface area contributed by atoms with Crippen molar-refractivity contribution in [2.24, 2.45) is 20.5 Å². The first-order valence-electron chi connectivity index (χ1n) is 17.5. The van der Waals surface area contributed by atoms with Crippen molar-refractivity contribution in [3.05, 3.63) is 252 Å². The van der Waals surface area contributed by atoms with Gasteiger partial charge in [0, 0.05) is 0 Å². The summed E-state index contributed by atoms with van der Waals surface area (Å²) in [5, 5.41) is 23.1. The molecule has 8 aromatic rings. The van der Waals surface area contributed by atoms with Crippen LogP contribution in [-0.2, 0) is 11.1 Å². The number of hydrogen-bond donors (Lipinski definition) is 0. The summed E-state index contributed by atoms with van der Waals surface area (Å²) in [7, 11) is 0. The lowest BCUT2D eigenvalue weighted by atomic mass is 9.78. The maximum absolute atomic E-state index is 5.35. The molecule has 8 rings (SSSR count). The summed E-state index contributed by atoms with van der Waals surface area (Å²) in [5.41, 5.74) is 5.46. The van der Waals surface area contributed by atoms with Crippen LogP contribution in [0.25, 0.3) is 10.8 Å². The van der Waals surface area contributed by atoms with E-state index in [1.807, 2.05) is 48.5 Å². The number of nitrogens with zero attached hydrogens (tertiary/aromatic N) is 4. The Bertz CT molecular complexity index is 2060. The van der Waals surface area contributed by atoms with Gasteiger partial charge in [-0.3, -0.25) is 0 Å². The van der Waals surface area contributed by atoms with Crippen LogP contribution >= 0.6 is 0 Å². The number of hydrogen-bond acceptors (Lipinski definition) is 4. The predicted octanol–water partition coefficient (Wildman–Crippen LogP) is 13.0. The molecule has 0 saturated heterocycles. The van der Waals surface area contributed by atoms with E-state index in [9.17, 15) is 0 Å². The third-order valence-electron chi connectivity index (χ3n) is 9.61. The van der Waals surface area contributed by atoms with Crippen LogP contribution in [0.1, 0.15) is 33.4 Å². The maximum Gasteiger partial charge on any atom is 0.157 e. The standard InChI is InChI=1S/C48H36N4/c1-7-23-39(24-8-1)47(40-25-9-2-10-26-40,41-27-11-3-12-28-41)51-49-45-35-37-21-19-20-22-38(37)36-46(45)50-52-48(42-29-13-4-14-30-42,43-31-15-5-16-32-43)44-33-17-6-18-34-44/h1-36H. The maximum atomic E-state index is 5.35. The highest BCUT2D eigenvalue weighted by Gasteiger charge is 2.38. The Hall–Kier alpha value is -6.78. The molecule has 0 aliphatic heterocycles. The van der Waals surface area contributed by atoms with Crippen LogP contribution in [-0.4, -0.2) is 0 Å². The zero-order chi connectivity index (χ0) is 35.1. The Morgan fingerprint density at radius 3 is 0.692 bits per heavy atom. The van der Waals surface area contributed by atoms with Gasteiger partial charge in [0.1, 0.15) is 11.4 Å². The summed E-state index contributed by atoms with van der Waals surface area (Å²) < 4.78 is 0. The van der Waals surface area contributed by atoms with E-state index < -0.39 is 11.1 Å². The van der Waals surface area contributed by atoms with Crippen LogP contribution in [0.2, 0.25) is 0 Å². The van der Waals surface area contributed by atoms with Crippen molar-refractivity contribution < 1.29 is 0 Å².